The number of hydrogen-bond acceptors (Lipinski definition) is 7. The Morgan fingerprint density at radius 3 is 2.02 bits per heavy atom. The molecule has 2 unspecified atom stereocenters. The molecule has 2 atom stereocenters. The van der Waals surface area contributed by atoms with Crippen LogP contribution in [0.15, 0.2) is 103 Å². The molecule has 0 radical (unpaired) electrons. The minimum atomic E-state index is -4.46. The molecule has 4 aromatic rings. The maximum Gasteiger partial charge on any atom is 0.416 e. The second-order valence-corrected chi connectivity index (χ2v) is 14.2. The summed E-state index contributed by atoms with van der Waals surface area (Å²) < 4.78 is 49.6. The number of benzene rings is 4. The first kappa shape index (κ1) is 39.7. The van der Waals surface area contributed by atoms with Gasteiger partial charge in [-0.25, -0.2) is 4.79 Å². The molecule has 1 fully saturated rings. The Kier molecular flexibility index (Phi) is 12.6. The highest BCUT2D eigenvalue weighted by atomic mass is 19.4. The number of anilines is 1. The molecular weight excluding hydrogens is 699 g/mol. The Labute approximate surface area is 312 Å². The number of esters is 2. The molecule has 284 valence electrons. The zero-order chi connectivity index (χ0) is 39.0. The Morgan fingerprint density at radius 1 is 0.815 bits per heavy atom. The van der Waals surface area contributed by atoms with E-state index in [1.54, 1.807) is 45.0 Å². The van der Waals surface area contributed by atoms with Crippen LogP contribution in [0, 0.1) is 0 Å². The number of hydrogen-bond donors (Lipinski definition) is 2. The number of rotatable bonds is 11. The summed E-state index contributed by atoms with van der Waals surface area (Å²) in [6, 6.07) is 26.3. The summed E-state index contributed by atoms with van der Waals surface area (Å²) in [5, 5.41) is 5.65. The first-order valence-corrected chi connectivity index (χ1v) is 17.7. The Balaban J connectivity index is 1.24. The average molecular weight is 744 g/mol. The fourth-order valence-electron chi connectivity index (χ4n) is 6.60. The molecule has 0 spiro atoms. The molecule has 2 N–H and O–H groups in total. The summed E-state index contributed by atoms with van der Waals surface area (Å²) in [6.45, 7) is 6.31. The maximum absolute atomic E-state index is 13.9. The number of halogens is 3. The molecule has 1 aliphatic heterocycles. The van der Waals surface area contributed by atoms with E-state index in [4.69, 9.17) is 9.47 Å². The third-order valence-electron chi connectivity index (χ3n) is 9.19. The van der Waals surface area contributed by atoms with E-state index < -0.39 is 53.2 Å². The molecule has 5 rings (SSSR count). The Bertz CT molecular complexity index is 1920. The first-order chi connectivity index (χ1) is 25.6. The molecule has 0 saturated carbocycles. The largest absolute Gasteiger partial charge is 0.467 e. The summed E-state index contributed by atoms with van der Waals surface area (Å²) >= 11 is 0. The van der Waals surface area contributed by atoms with E-state index >= 15 is 0 Å². The standard InChI is InChI=1S/C42H44F3N3O6/c1-41(2,3)54-36(49)26-35(40(52)53-4)47-39(51)37(30-10-6-5-7-11-30)48-24-22-28(23-25-48)27-16-20-32(21-17-27)46-38(50)34-13-9-8-12-33(34)29-14-18-31(19-15-29)42(43,44)45/h5-21,28,35,37H,22-26H2,1-4H3,(H,46,50)(H,47,51). The number of nitrogens with zero attached hydrogens (tertiary/aromatic N) is 1. The van der Waals surface area contributed by atoms with Crippen LogP contribution >= 0.6 is 0 Å². The minimum Gasteiger partial charge on any atom is -0.467 e. The van der Waals surface area contributed by atoms with Crippen LogP contribution in [0.3, 0.4) is 0 Å². The fourth-order valence-corrected chi connectivity index (χ4v) is 6.60. The number of likely N-dealkylation sites (tertiary alicyclic amines) is 1. The Hall–Kier alpha value is -5.49. The van der Waals surface area contributed by atoms with Gasteiger partial charge in [-0.3, -0.25) is 19.3 Å². The van der Waals surface area contributed by atoms with Gasteiger partial charge < -0.3 is 20.1 Å². The van der Waals surface area contributed by atoms with E-state index in [9.17, 15) is 32.3 Å². The Morgan fingerprint density at radius 2 is 1.43 bits per heavy atom. The number of alkyl halides is 3. The number of nitrogens with one attached hydrogen (secondary N) is 2. The van der Waals surface area contributed by atoms with Gasteiger partial charge in [-0.05, 0) is 105 Å². The van der Waals surface area contributed by atoms with Crippen molar-refractivity contribution in [1.82, 2.24) is 10.2 Å². The summed E-state index contributed by atoms with van der Waals surface area (Å²) in [4.78, 5) is 54.5. The van der Waals surface area contributed by atoms with Crippen molar-refractivity contribution in [1.29, 1.82) is 0 Å². The number of piperidine rings is 1. The van der Waals surface area contributed by atoms with Gasteiger partial charge in [-0.2, -0.15) is 13.2 Å². The predicted octanol–water partition coefficient (Wildman–Crippen LogP) is 7.94. The number of ether oxygens (including phenoxy) is 2. The predicted molar refractivity (Wildman–Crippen MR) is 198 cm³/mol. The van der Waals surface area contributed by atoms with Crippen molar-refractivity contribution in [3.05, 3.63) is 125 Å². The topological polar surface area (TPSA) is 114 Å². The fraction of sp³-hybridized carbons (Fsp3) is 0.333. The van der Waals surface area contributed by atoms with Crippen molar-refractivity contribution in [2.45, 2.75) is 69.8 Å². The molecule has 0 bridgehead atoms. The average Bonchev–Trinajstić information content (AvgIpc) is 3.14. The van der Waals surface area contributed by atoms with E-state index in [1.807, 2.05) is 54.6 Å². The van der Waals surface area contributed by atoms with E-state index in [0.717, 1.165) is 36.1 Å². The van der Waals surface area contributed by atoms with Crippen LogP contribution in [0.25, 0.3) is 11.1 Å². The lowest BCUT2D eigenvalue weighted by atomic mass is 9.88. The van der Waals surface area contributed by atoms with Crippen molar-refractivity contribution in [3.8, 4) is 11.1 Å². The molecule has 0 aromatic heterocycles. The summed E-state index contributed by atoms with van der Waals surface area (Å²) in [5.74, 6) is -2.02. The molecule has 9 nitrogen and oxygen atoms in total. The van der Waals surface area contributed by atoms with Crippen molar-refractivity contribution in [3.63, 3.8) is 0 Å². The molecule has 2 amide bonds. The highest BCUT2D eigenvalue weighted by Crippen LogP contribution is 2.34. The van der Waals surface area contributed by atoms with Gasteiger partial charge in [0.2, 0.25) is 5.91 Å². The smallest absolute Gasteiger partial charge is 0.416 e. The number of methoxy groups -OCH3 is 1. The second-order valence-electron chi connectivity index (χ2n) is 14.2. The van der Waals surface area contributed by atoms with Gasteiger partial charge in [0.05, 0.1) is 19.1 Å². The zero-order valence-corrected chi connectivity index (χ0v) is 30.6. The second kappa shape index (κ2) is 17.1. The van der Waals surface area contributed by atoms with Gasteiger partial charge in [0.25, 0.3) is 5.91 Å². The maximum atomic E-state index is 13.9. The lowest BCUT2D eigenvalue weighted by Crippen LogP contribution is -2.50. The quantitative estimate of drug-likeness (QED) is 0.150. The number of carbonyl (C=O) groups excluding carboxylic acids is 4. The molecule has 1 aliphatic rings. The van der Waals surface area contributed by atoms with Gasteiger partial charge in [0.15, 0.2) is 0 Å². The summed E-state index contributed by atoms with van der Waals surface area (Å²) in [7, 11) is 1.20. The van der Waals surface area contributed by atoms with Crippen molar-refractivity contribution in [2.75, 3.05) is 25.5 Å². The van der Waals surface area contributed by atoms with Crippen molar-refractivity contribution in [2.24, 2.45) is 0 Å². The molecule has 1 saturated heterocycles. The number of carbonyl (C=O) groups is 4. The van der Waals surface area contributed by atoms with Crippen molar-refractivity contribution >= 4 is 29.4 Å². The molecule has 12 heteroatoms. The van der Waals surface area contributed by atoms with Crippen LogP contribution in [-0.2, 0) is 30.0 Å². The molecule has 0 aliphatic carbocycles. The third kappa shape index (κ3) is 10.3. The van der Waals surface area contributed by atoms with Crippen molar-refractivity contribution < 1.29 is 41.8 Å². The zero-order valence-electron chi connectivity index (χ0n) is 30.6. The molecule has 1 heterocycles. The SMILES string of the molecule is COC(=O)C(CC(=O)OC(C)(C)C)NC(=O)C(c1ccccc1)N1CCC(c2ccc(NC(=O)c3ccccc3-c3ccc(C(F)(F)F)cc3)cc2)CC1. The molecule has 4 aromatic carbocycles. The highest BCUT2D eigenvalue weighted by Gasteiger charge is 2.35. The molecular formula is C42H44F3N3O6. The third-order valence-corrected chi connectivity index (χ3v) is 9.19. The van der Waals surface area contributed by atoms with E-state index in [-0.39, 0.29) is 12.3 Å². The lowest BCUT2D eigenvalue weighted by molar-refractivity contribution is -0.159. The van der Waals surface area contributed by atoms with Crippen LogP contribution in [0.2, 0.25) is 0 Å². The van der Waals surface area contributed by atoms with E-state index in [2.05, 4.69) is 15.5 Å². The van der Waals surface area contributed by atoms with Gasteiger partial charge >= 0.3 is 18.1 Å². The van der Waals surface area contributed by atoms with Gasteiger partial charge in [-0.15, -0.1) is 0 Å². The van der Waals surface area contributed by atoms with Gasteiger partial charge in [0, 0.05) is 11.3 Å². The first-order valence-electron chi connectivity index (χ1n) is 17.7. The summed E-state index contributed by atoms with van der Waals surface area (Å²) in [5.41, 5.74) is 2.19. The van der Waals surface area contributed by atoms with E-state index in [1.165, 1.54) is 19.2 Å². The van der Waals surface area contributed by atoms with Crippen LogP contribution in [0.4, 0.5) is 18.9 Å². The van der Waals surface area contributed by atoms with Crippen LogP contribution in [-0.4, -0.2) is 60.5 Å². The van der Waals surface area contributed by atoms with E-state index in [0.29, 0.717) is 35.5 Å². The summed E-state index contributed by atoms with van der Waals surface area (Å²) in [6.07, 6.45) is -3.36. The molecule has 54 heavy (non-hydrogen) atoms. The monoisotopic (exact) mass is 743 g/mol. The minimum absolute atomic E-state index is 0.181. The lowest BCUT2D eigenvalue weighted by Gasteiger charge is -2.37. The van der Waals surface area contributed by atoms with Crippen LogP contribution in [0.1, 0.15) is 79.0 Å². The number of amides is 2. The van der Waals surface area contributed by atoms with Gasteiger partial charge in [0.1, 0.15) is 17.7 Å². The normalized spacial score (nSPS) is 15.1. The van der Waals surface area contributed by atoms with Crippen LogP contribution in [0.5, 0.6) is 0 Å². The van der Waals surface area contributed by atoms with Crippen LogP contribution < -0.4 is 10.6 Å². The van der Waals surface area contributed by atoms with Gasteiger partial charge in [-0.1, -0.05) is 72.8 Å². The highest BCUT2D eigenvalue weighted by molar-refractivity contribution is 6.08.